The summed E-state index contributed by atoms with van der Waals surface area (Å²) in [6.45, 7) is 14.8. The summed E-state index contributed by atoms with van der Waals surface area (Å²) in [5.74, 6) is 0.842. The van der Waals surface area contributed by atoms with Crippen molar-refractivity contribution in [3.05, 3.63) is 17.8 Å². The van der Waals surface area contributed by atoms with Crippen LogP contribution in [0, 0.1) is 5.92 Å². The second-order valence-electron chi connectivity index (χ2n) is 7.81. The molecule has 1 unspecified atom stereocenters. The number of hydrogen-bond donors (Lipinski definition) is 1. The Morgan fingerprint density at radius 2 is 1.78 bits per heavy atom. The summed E-state index contributed by atoms with van der Waals surface area (Å²) in [5.41, 5.74) is 0.408. The van der Waals surface area contributed by atoms with Gasteiger partial charge in [0, 0.05) is 45.8 Å². The van der Waals surface area contributed by atoms with E-state index in [4.69, 9.17) is 4.42 Å². The number of aliphatic hydroxyl groups is 1. The van der Waals surface area contributed by atoms with Gasteiger partial charge in [-0.05, 0) is 18.8 Å². The number of amides is 1. The Morgan fingerprint density at radius 1 is 1.19 bits per heavy atom. The molecule has 154 valence electrons. The van der Waals surface area contributed by atoms with Gasteiger partial charge in [0.05, 0.1) is 12.6 Å². The molecule has 2 rings (SSSR count). The number of rotatable bonds is 10. The molecule has 0 aliphatic carbocycles. The van der Waals surface area contributed by atoms with Gasteiger partial charge < -0.3 is 14.4 Å². The smallest absolute Gasteiger partial charge is 0.275 e. The highest BCUT2D eigenvalue weighted by molar-refractivity contribution is 5.91. The SMILES string of the molecule is CCCN(CCC)C(=O)c1coc(CN2CCN(CC(O)C(C)C)CC2)n1. The largest absolute Gasteiger partial charge is 0.447 e. The lowest BCUT2D eigenvalue weighted by Gasteiger charge is -2.35. The molecule has 1 atom stereocenters. The minimum atomic E-state index is -0.272. The Hall–Kier alpha value is -1.44. The number of hydrogen-bond acceptors (Lipinski definition) is 6. The minimum Gasteiger partial charge on any atom is -0.447 e. The fraction of sp³-hybridized carbons (Fsp3) is 0.800. The molecule has 0 radical (unpaired) electrons. The third-order valence-corrected chi connectivity index (χ3v) is 5.08. The summed E-state index contributed by atoms with van der Waals surface area (Å²) in [7, 11) is 0. The van der Waals surface area contributed by atoms with Crippen LogP contribution in [0.25, 0.3) is 0 Å². The number of β-amino-alcohol motifs (C(OH)–C–C–N with tert-alkyl or cyclic N) is 1. The minimum absolute atomic E-state index is 0.0406. The number of aromatic nitrogens is 1. The number of nitrogens with zero attached hydrogens (tertiary/aromatic N) is 4. The molecule has 2 heterocycles. The summed E-state index contributed by atoms with van der Waals surface area (Å²) < 4.78 is 5.56. The van der Waals surface area contributed by atoms with Gasteiger partial charge in [-0.1, -0.05) is 27.7 Å². The van der Waals surface area contributed by atoms with E-state index in [0.29, 0.717) is 18.1 Å². The van der Waals surface area contributed by atoms with Crippen LogP contribution in [-0.2, 0) is 6.54 Å². The van der Waals surface area contributed by atoms with E-state index in [9.17, 15) is 9.90 Å². The van der Waals surface area contributed by atoms with Gasteiger partial charge in [-0.2, -0.15) is 0 Å². The fourth-order valence-corrected chi connectivity index (χ4v) is 3.30. The lowest BCUT2D eigenvalue weighted by Crippen LogP contribution is -2.48. The summed E-state index contributed by atoms with van der Waals surface area (Å²) in [6, 6.07) is 0. The Labute approximate surface area is 163 Å². The third-order valence-electron chi connectivity index (χ3n) is 5.08. The van der Waals surface area contributed by atoms with Crippen LogP contribution in [0.5, 0.6) is 0 Å². The first-order chi connectivity index (χ1) is 12.9. The normalized spacial score (nSPS) is 17.4. The average molecular weight is 381 g/mol. The topological polar surface area (TPSA) is 73.1 Å². The predicted molar refractivity (Wildman–Crippen MR) is 106 cm³/mol. The second-order valence-corrected chi connectivity index (χ2v) is 7.81. The van der Waals surface area contributed by atoms with Gasteiger partial charge in [-0.3, -0.25) is 14.6 Å². The van der Waals surface area contributed by atoms with Crippen molar-refractivity contribution in [2.45, 2.75) is 53.2 Å². The lowest BCUT2D eigenvalue weighted by atomic mass is 10.1. The monoisotopic (exact) mass is 380 g/mol. The summed E-state index contributed by atoms with van der Waals surface area (Å²) in [5, 5.41) is 10.0. The second kappa shape index (κ2) is 10.8. The molecule has 7 heteroatoms. The zero-order valence-electron chi connectivity index (χ0n) is 17.4. The number of piperazine rings is 1. The van der Waals surface area contributed by atoms with Crippen LogP contribution in [0.4, 0.5) is 0 Å². The highest BCUT2D eigenvalue weighted by atomic mass is 16.3. The van der Waals surface area contributed by atoms with E-state index in [2.05, 4.69) is 28.6 Å². The van der Waals surface area contributed by atoms with E-state index < -0.39 is 0 Å². The molecule has 0 aromatic carbocycles. The van der Waals surface area contributed by atoms with Crippen molar-refractivity contribution in [2.24, 2.45) is 5.92 Å². The van der Waals surface area contributed by atoms with E-state index in [1.165, 1.54) is 6.26 Å². The summed E-state index contributed by atoms with van der Waals surface area (Å²) in [4.78, 5) is 23.5. The van der Waals surface area contributed by atoms with E-state index >= 15 is 0 Å². The Kier molecular flexibility index (Phi) is 8.73. The molecule has 0 spiro atoms. The van der Waals surface area contributed by atoms with Crippen molar-refractivity contribution >= 4 is 5.91 Å². The van der Waals surface area contributed by atoms with Crippen molar-refractivity contribution in [1.82, 2.24) is 19.7 Å². The highest BCUT2D eigenvalue weighted by Gasteiger charge is 2.23. The van der Waals surface area contributed by atoms with Gasteiger partial charge in [0.15, 0.2) is 5.69 Å². The quantitative estimate of drug-likeness (QED) is 0.670. The summed E-state index contributed by atoms with van der Waals surface area (Å²) >= 11 is 0. The van der Waals surface area contributed by atoms with E-state index in [0.717, 1.165) is 58.7 Å². The highest BCUT2D eigenvalue weighted by Crippen LogP contribution is 2.12. The first kappa shape index (κ1) is 21.9. The molecule has 7 nitrogen and oxygen atoms in total. The Balaban J connectivity index is 1.83. The molecule has 0 saturated carbocycles. The maximum Gasteiger partial charge on any atom is 0.275 e. The first-order valence-corrected chi connectivity index (χ1v) is 10.3. The Morgan fingerprint density at radius 3 is 2.33 bits per heavy atom. The molecule has 1 N–H and O–H groups in total. The van der Waals surface area contributed by atoms with Gasteiger partial charge in [0.1, 0.15) is 6.26 Å². The maximum absolute atomic E-state index is 12.6. The van der Waals surface area contributed by atoms with Crippen LogP contribution in [0.2, 0.25) is 0 Å². The number of aliphatic hydroxyl groups excluding tert-OH is 1. The van der Waals surface area contributed by atoms with Gasteiger partial charge >= 0.3 is 0 Å². The Bertz CT molecular complexity index is 561. The summed E-state index contributed by atoms with van der Waals surface area (Å²) in [6.07, 6.45) is 3.09. The van der Waals surface area contributed by atoms with Crippen LogP contribution < -0.4 is 0 Å². The number of oxazole rings is 1. The maximum atomic E-state index is 12.6. The molecule has 1 aliphatic rings. The van der Waals surface area contributed by atoms with Crippen LogP contribution in [-0.4, -0.2) is 82.6 Å². The van der Waals surface area contributed by atoms with Crippen LogP contribution in [0.3, 0.4) is 0 Å². The van der Waals surface area contributed by atoms with Gasteiger partial charge in [-0.15, -0.1) is 0 Å². The fourth-order valence-electron chi connectivity index (χ4n) is 3.30. The molecule has 1 aliphatic heterocycles. The number of carbonyl (C=O) groups excluding carboxylic acids is 1. The molecular formula is C20H36N4O3. The van der Waals surface area contributed by atoms with Crippen molar-refractivity contribution < 1.29 is 14.3 Å². The third kappa shape index (κ3) is 6.59. The van der Waals surface area contributed by atoms with Gasteiger partial charge in [0.25, 0.3) is 5.91 Å². The van der Waals surface area contributed by atoms with Crippen LogP contribution >= 0.6 is 0 Å². The molecule has 1 aromatic rings. The first-order valence-electron chi connectivity index (χ1n) is 10.3. The lowest BCUT2D eigenvalue weighted by molar-refractivity contribution is 0.0463. The molecule has 1 aromatic heterocycles. The van der Waals surface area contributed by atoms with Gasteiger partial charge in [0.2, 0.25) is 5.89 Å². The van der Waals surface area contributed by atoms with Gasteiger partial charge in [-0.25, -0.2) is 4.98 Å². The van der Waals surface area contributed by atoms with Crippen molar-refractivity contribution in [2.75, 3.05) is 45.8 Å². The van der Waals surface area contributed by atoms with Crippen molar-refractivity contribution in [3.63, 3.8) is 0 Å². The standard InChI is InChI=1S/C20H36N4O3/c1-5-7-24(8-6-2)20(26)17-15-27-19(21-17)14-23-11-9-22(10-12-23)13-18(25)16(3)4/h15-16,18,25H,5-14H2,1-4H3. The zero-order valence-corrected chi connectivity index (χ0v) is 17.4. The van der Waals surface area contributed by atoms with E-state index in [-0.39, 0.29) is 17.9 Å². The van der Waals surface area contributed by atoms with Crippen molar-refractivity contribution in [3.8, 4) is 0 Å². The van der Waals surface area contributed by atoms with E-state index in [1.54, 1.807) is 0 Å². The van der Waals surface area contributed by atoms with Crippen molar-refractivity contribution in [1.29, 1.82) is 0 Å². The zero-order chi connectivity index (χ0) is 19.8. The molecular weight excluding hydrogens is 344 g/mol. The molecule has 1 amide bonds. The molecule has 27 heavy (non-hydrogen) atoms. The van der Waals surface area contributed by atoms with Crippen LogP contribution in [0.1, 0.15) is 56.9 Å². The van der Waals surface area contributed by atoms with Crippen LogP contribution in [0.15, 0.2) is 10.7 Å². The molecule has 1 fully saturated rings. The molecule has 1 saturated heterocycles. The van der Waals surface area contributed by atoms with E-state index in [1.807, 2.05) is 18.7 Å². The average Bonchev–Trinajstić information content (AvgIpc) is 3.11. The predicted octanol–water partition coefficient (Wildman–Crippen LogP) is 2.07. The number of carbonyl (C=O) groups is 1. The molecule has 0 bridgehead atoms.